The molecular weight excluding hydrogens is 254 g/mol. The number of hydrogen-bond acceptors (Lipinski definition) is 7. The maximum atomic E-state index is 11.4. The van der Waals surface area contributed by atoms with E-state index in [4.69, 9.17) is 4.74 Å². The lowest BCUT2D eigenvalue weighted by molar-refractivity contribution is -0.145. The van der Waals surface area contributed by atoms with Crippen LogP contribution in [0.4, 0.5) is 5.82 Å². The highest BCUT2D eigenvalue weighted by Gasteiger charge is 2.12. The molecule has 1 aromatic heterocycles. The second kappa shape index (κ2) is 6.99. The van der Waals surface area contributed by atoms with E-state index in [2.05, 4.69) is 15.6 Å². The van der Waals surface area contributed by atoms with Crippen molar-refractivity contribution in [1.82, 2.24) is 9.99 Å². The summed E-state index contributed by atoms with van der Waals surface area (Å²) in [6, 6.07) is 3.30. The zero-order valence-corrected chi connectivity index (χ0v) is 10.5. The van der Waals surface area contributed by atoms with Gasteiger partial charge in [-0.25, -0.2) is 9.99 Å². The van der Waals surface area contributed by atoms with Gasteiger partial charge in [0, 0.05) is 25.9 Å². The second-order valence-electron chi connectivity index (χ2n) is 3.65. The minimum absolute atomic E-state index is 0.0748. The highest BCUT2D eigenvalue weighted by Crippen LogP contribution is 2.16. The number of rotatable bonds is 7. The third-order valence-electron chi connectivity index (χ3n) is 2.18. The second-order valence-corrected chi connectivity index (χ2v) is 3.65. The van der Waals surface area contributed by atoms with Crippen LogP contribution >= 0.6 is 0 Å². The summed E-state index contributed by atoms with van der Waals surface area (Å²) in [5.74, 6) is -0.314. The van der Waals surface area contributed by atoms with Crippen molar-refractivity contribution in [1.29, 1.82) is 0 Å². The van der Waals surface area contributed by atoms with Gasteiger partial charge in [0.05, 0.1) is 10.6 Å². The normalized spacial score (nSPS) is 9.58. The van der Waals surface area contributed by atoms with Gasteiger partial charge in [-0.15, -0.1) is 9.81 Å². The van der Waals surface area contributed by atoms with Gasteiger partial charge < -0.3 is 4.74 Å². The number of carbonyl (C=O) groups is 1. The molecule has 0 aromatic carbocycles. The van der Waals surface area contributed by atoms with Gasteiger partial charge >= 0.3 is 5.97 Å². The first-order valence-corrected chi connectivity index (χ1v) is 5.29. The number of nitroso groups, excluding NO2 is 2. The van der Waals surface area contributed by atoms with Crippen molar-refractivity contribution in [2.24, 2.45) is 10.6 Å². The van der Waals surface area contributed by atoms with E-state index in [-0.39, 0.29) is 13.2 Å². The fraction of sp³-hybridized carbons (Fsp3) is 0.400. The molecule has 9 heteroatoms. The summed E-state index contributed by atoms with van der Waals surface area (Å²) in [7, 11) is 2.79. The average Bonchev–Trinajstić information content (AvgIpc) is 2.44. The summed E-state index contributed by atoms with van der Waals surface area (Å²) >= 11 is 0. The van der Waals surface area contributed by atoms with Crippen molar-refractivity contribution < 1.29 is 9.53 Å². The molecule has 0 atom stereocenters. The predicted molar refractivity (Wildman–Crippen MR) is 66.7 cm³/mol. The molecule has 0 fully saturated rings. The Bertz CT molecular complexity index is 467. The number of nitrogens with zero attached hydrogens (tertiary/aromatic N) is 5. The van der Waals surface area contributed by atoms with Crippen molar-refractivity contribution in [2.45, 2.75) is 6.61 Å². The van der Waals surface area contributed by atoms with Gasteiger partial charge in [-0.2, -0.15) is 0 Å². The summed E-state index contributed by atoms with van der Waals surface area (Å²) in [6.45, 7) is -0.324. The molecule has 19 heavy (non-hydrogen) atoms. The summed E-state index contributed by atoms with van der Waals surface area (Å²) < 4.78 is 4.95. The molecular formula is C10H13N5O4. The smallest absolute Gasteiger partial charge is 0.327 e. The largest absolute Gasteiger partial charge is 0.459 e. The summed E-state index contributed by atoms with van der Waals surface area (Å²) in [6.07, 6.45) is 1.49. The van der Waals surface area contributed by atoms with Crippen LogP contribution in [-0.2, 0) is 16.1 Å². The first-order valence-electron chi connectivity index (χ1n) is 5.29. The topological polar surface area (TPSA) is 105 Å². The van der Waals surface area contributed by atoms with E-state index in [0.717, 1.165) is 10.0 Å². The lowest BCUT2D eigenvalue weighted by Gasteiger charge is -2.13. The molecule has 0 spiro atoms. The molecule has 0 aliphatic heterocycles. The maximum absolute atomic E-state index is 11.4. The fourth-order valence-electron chi connectivity index (χ4n) is 1.29. The Morgan fingerprint density at radius 2 is 2.11 bits per heavy atom. The highest BCUT2D eigenvalue weighted by atomic mass is 16.5. The lowest BCUT2D eigenvalue weighted by atomic mass is 10.2. The predicted octanol–water partition coefficient (Wildman–Crippen LogP) is 0.856. The SMILES string of the molecule is CN(CC(=O)OCc1cccnc1N(C)N=O)N=O. The minimum atomic E-state index is -0.612. The van der Waals surface area contributed by atoms with Gasteiger partial charge in [0.2, 0.25) is 0 Å². The Hall–Kier alpha value is -2.58. The summed E-state index contributed by atoms with van der Waals surface area (Å²) in [5.41, 5.74) is 0.527. The Morgan fingerprint density at radius 1 is 1.37 bits per heavy atom. The molecule has 1 heterocycles. The van der Waals surface area contributed by atoms with Gasteiger partial charge in [-0.1, -0.05) is 6.07 Å². The molecule has 0 aliphatic rings. The van der Waals surface area contributed by atoms with E-state index in [1.807, 2.05) is 0 Å². The van der Waals surface area contributed by atoms with Crippen molar-refractivity contribution >= 4 is 11.8 Å². The molecule has 1 aromatic rings. The van der Waals surface area contributed by atoms with Gasteiger partial charge in [-0.05, 0) is 6.07 Å². The minimum Gasteiger partial charge on any atom is -0.459 e. The number of esters is 1. The Kier molecular flexibility index (Phi) is 5.33. The van der Waals surface area contributed by atoms with Crippen LogP contribution in [0.5, 0.6) is 0 Å². The Morgan fingerprint density at radius 3 is 2.74 bits per heavy atom. The van der Waals surface area contributed by atoms with E-state index in [1.54, 1.807) is 12.1 Å². The average molecular weight is 267 g/mol. The van der Waals surface area contributed by atoms with Crippen LogP contribution in [0.25, 0.3) is 0 Å². The first kappa shape index (κ1) is 14.5. The van der Waals surface area contributed by atoms with E-state index in [1.165, 1.54) is 20.3 Å². The maximum Gasteiger partial charge on any atom is 0.327 e. The summed E-state index contributed by atoms with van der Waals surface area (Å²) in [4.78, 5) is 35.9. The molecule has 9 nitrogen and oxygen atoms in total. The lowest BCUT2D eigenvalue weighted by Crippen LogP contribution is -2.22. The van der Waals surface area contributed by atoms with E-state index >= 15 is 0 Å². The number of likely N-dealkylation sites (N-methyl/N-ethyl adjacent to an activating group) is 1. The number of aromatic nitrogens is 1. The third-order valence-corrected chi connectivity index (χ3v) is 2.18. The van der Waals surface area contributed by atoms with Crippen molar-refractivity contribution in [3.63, 3.8) is 0 Å². The van der Waals surface area contributed by atoms with Crippen LogP contribution in [0.3, 0.4) is 0 Å². The molecule has 0 N–H and O–H groups in total. The molecule has 0 radical (unpaired) electrons. The third kappa shape index (κ3) is 4.30. The van der Waals surface area contributed by atoms with Crippen LogP contribution in [-0.4, -0.2) is 36.6 Å². The number of carbonyl (C=O) groups excluding carboxylic acids is 1. The van der Waals surface area contributed by atoms with Crippen molar-refractivity contribution in [3.8, 4) is 0 Å². The van der Waals surface area contributed by atoms with E-state index in [9.17, 15) is 14.6 Å². The molecule has 102 valence electrons. The first-order chi connectivity index (χ1) is 9.08. The molecule has 0 saturated heterocycles. The molecule has 1 rings (SSSR count). The van der Waals surface area contributed by atoms with E-state index in [0.29, 0.717) is 11.4 Å². The number of pyridine rings is 1. The van der Waals surface area contributed by atoms with Gasteiger partial charge in [0.25, 0.3) is 0 Å². The van der Waals surface area contributed by atoms with Gasteiger partial charge in [0.15, 0.2) is 5.82 Å². The van der Waals surface area contributed by atoms with E-state index < -0.39 is 5.97 Å². The van der Waals surface area contributed by atoms with Crippen LogP contribution in [0.1, 0.15) is 5.56 Å². The zero-order chi connectivity index (χ0) is 14.3. The monoisotopic (exact) mass is 267 g/mol. The van der Waals surface area contributed by atoms with Crippen LogP contribution in [0.15, 0.2) is 28.9 Å². The Labute approximate surface area is 109 Å². The van der Waals surface area contributed by atoms with Crippen LogP contribution < -0.4 is 5.01 Å². The molecule has 0 bridgehead atoms. The van der Waals surface area contributed by atoms with Crippen molar-refractivity contribution in [2.75, 3.05) is 25.6 Å². The van der Waals surface area contributed by atoms with Crippen molar-refractivity contribution in [3.05, 3.63) is 33.7 Å². The standard InChI is InChI=1S/C10H13N5O4/c1-14(12-17)6-9(16)19-7-8-4-3-5-11-10(8)15(2)13-18/h3-5H,6-7H2,1-2H3. The van der Waals surface area contributed by atoms with Gasteiger partial charge in [0.1, 0.15) is 13.2 Å². The van der Waals surface area contributed by atoms with Crippen LogP contribution in [0.2, 0.25) is 0 Å². The number of ether oxygens (including phenoxy) is 1. The fourth-order valence-corrected chi connectivity index (χ4v) is 1.29. The molecule has 0 aliphatic carbocycles. The number of hydrogen-bond donors (Lipinski definition) is 0. The molecule has 0 amide bonds. The van der Waals surface area contributed by atoms with Crippen LogP contribution in [0, 0.1) is 9.81 Å². The molecule has 0 unspecified atom stereocenters. The summed E-state index contributed by atoms with van der Waals surface area (Å²) in [5, 5.41) is 7.21. The number of anilines is 1. The quantitative estimate of drug-likeness (QED) is 0.409. The highest BCUT2D eigenvalue weighted by molar-refractivity contribution is 5.71. The van der Waals surface area contributed by atoms with Gasteiger partial charge in [-0.3, -0.25) is 9.80 Å². The zero-order valence-electron chi connectivity index (χ0n) is 10.5. The molecule has 0 saturated carbocycles. The Balaban J connectivity index is 2.65.